The van der Waals surface area contributed by atoms with Crippen LogP contribution in [0.1, 0.15) is 24.5 Å². The SMILES string of the molecule is CCC(C(=O)Nc1ccc(N(C)C)cc1)N(Cc1ccc(F)cc1)C(=O)Cc1ccccc1. The molecule has 3 aromatic rings. The fraction of sp³-hybridized carbons (Fsp3) is 0.259. The quantitative estimate of drug-likeness (QED) is 0.509. The molecule has 33 heavy (non-hydrogen) atoms. The van der Waals surface area contributed by atoms with Crippen LogP contribution in [-0.4, -0.2) is 36.9 Å². The van der Waals surface area contributed by atoms with Crippen LogP contribution in [0.3, 0.4) is 0 Å². The Balaban J connectivity index is 1.82. The van der Waals surface area contributed by atoms with Crippen LogP contribution < -0.4 is 10.2 Å². The molecule has 0 saturated heterocycles. The number of rotatable bonds is 9. The zero-order chi connectivity index (χ0) is 23.8. The third-order valence-electron chi connectivity index (χ3n) is 5.50. The lowest BCUT2D eigenvalue weighted by atomic mass is 10.1. The van der Waals surface area contributed by atoms with Gasteiger partial charge in [0, 0.05) is 32.0 Å². The van der Waals surface area contributed by atoms with Crippen molar-refractivity contribution in [2.24, 2.45) is 0 Å². The average Bonchev–Trinajstić information content (AvgIpc) is 2.81. The van der Waals surface area contributed by atoms with E-state index >= 15 is 0 Å². The highest BCUT2D eigenvalue weighted by Crippen LogP contribution is 2.19. The van der Waals surface area contributed by atoms with Crippen molar-refractivity contribution in [3.63, 3.8) is 0 Å². The Labute approximate surface area is 194 Å². The number of halogens is 1. The molecule has 0 heterocycles. The minimum Gasteiger partial charge on any atom is -0.378 e. The Hall–Kier alpha value is -3.67. The van der Waals surface area contributed by atoms with E-state index in [0.717, 1.165) is 16.8 Å². The highest BCUT2D eigenvalue weighted by atomic mass is 19.1. The van der Waals surface area contributed by atoms with Gasteiger partial charge in [0.2, 0.25) is 11.8 Å². The normalized spacial score (nSPS) is 11.5. The van der Waals surface area contributed by atoms with Gasteiger partial charge in [-0.05, 0) is 53.9 Å². The smallest absolute Gasteiger partial charge is 0.247 e. The Morgan fingerprint density at radius 1 is 0.879 bits per heavy atom. The van der Waals surface area contributed by atoms with Gasteiger partial charge in [0.15, 0.2) is 0 Å². The molecule has 0 saturated carbocycles. The summed E-state index contributed by atoms with van der Waals surface area (Å²) < 4.78 is 13.4. The molecule has 0 aromatic heterocycles. The largest absolute Gasteiger partial charge is 0.378 e. The number of hydrogen-bond donors (Lipinski definition) is 1. The first-order valence-corrected chi connectivity index (χ1v) is 11.0. The molecule has 172 valence electrons. The van der Waals surface area contributed by atoms with E-state index in [1.807, 2.05) is 80.5 Å². The maximum absolute atomic E-state index is 13.4. The summed E-state index contributed by atoms with van der Waals surface area (Å²) in [4.78, 5) is 30.1. The van der Waals surface area contributed by atoms with Crippen LogP contribution in [0.5, 0.6) is 0 Å². The molecule has 0 spiro atoms. The van der Waals surface area contributed by atoms with E-state index in [9.17, 15) is 14.0 Å². The minimum atomic E-state index is -0.667. The number of benzene rings is 3. The summed E-state index contributed by atoms with van der Waals surface area (Å²) in [7, 11) is 3.90. The van der Waals surface area contributed by atoms with Gasteiger partial charge < -0.3 is 15.1 Å². The Kier molecular flexibility index (Phi) is 8.19. The van der Waals surface area contributed by atoms with Gasteiger partial charge in [-0.3, -0.25) is 9.59 Å². The summed E-state index contributed by atoms with van der Waals surface area (Å²) in [6, 6.07) is 22.3. The monoisotopic (exact) mass is 447 g/mol. The second kappa shape index (κ2) is 11.3. The fourth-order valence-corrected chi connectivity index (χ4v) is 3.65. The Morgan fingerprint density at radius 3 is 2.09 bits per heavy atom. The molecule has 0 aliphatic rings. The number of nitrogens with one attached hydrogen (secondary N) is 1. The molecule has 0 radical (unpaired) electrons. The van der Waals surface area contributed by atoms with E-state index in [-0.39, 0.29) is 30.6 Å². The first-order valence-electron chi connectivity index (χ1n) is 11.0. The molecule has 1 N–H and O–H groups in total. The van der Waals surface area contributed by atoms with Gasteiger partial charge in [-0.1, -0.05) is 49.4 Å². The summed E-state index contributed by atoms with van der Waals surface area (Å²) in [5, 5.41) is 2.94. The molecule has 0 fully saturated rings. The third-order valence-corrected chi connectivity index (χ3v) is 5.50. The first kappa shape index (κ1) is 24.0. The first-order chi connectivity index (χ1) is 15.9. The molecule has 3 rings (SSSR count). The molecular formula is C27H30FN3O2. The molecule has 2 amide bonds. The van der Waals surface area contributed by atoms with Crippen LogP contribution in [0.4, 0.5) is 15.8 Å². The van der Waals surface area contributed by atoms with E-state index in [1.54, 1.807) is 17.0 Å². The van der Waals surface area contributed by atoms with Crippen LogP contribution in [-0.2, 0) is 22.6 Å². The molecule has 1 unspecified atom stereocenters. The van der Waals surface area contributed by atoms with Gasteiger partial charge in [-0.15, -0.1) is 0 Å². The van der Waals surface area contributed by atoms with E-state index in [2.05, 4.69) is 5.32 Å². The number of anilines is 2. The van der Waals surface area contributed by atoms with Crippen molar-refractivity contribution >= 4 is 23.2 Å². The molecule has 0 bridgehead atoms. The lowest BCUT2D eigenvalue weighted by Gasteiger charge is -2.31. The Morgan fingerprint density at radius 2 is 1.52 bits per heavy atom. The number of carbonyl (C=O) groups excluding carboxylic acids is 2. The van der Waals surface area contributed by atoms with Crippen LogP contribution >= 0.6 is 0 Å². The highest BCUT2D eigenvalue weighted by molar-refractivity contribution is 5.97. The number of nitrogens with zero attached hydrogens (tertiary/aromatic N) is 2. The van der Waals surface area contributed by atoms with E-state index in [4.69, 9.17) is 0 Å². The maximum atomic E-state index is 13.4. The summed E-state index contributed by atoms with van der Waals surface area (Å²) in [5.74, 6) is -0.749. The third kappa shape index (κ3) is 6.65. The van der Waals surface area contributed by atoms with E-state index in [0.29, 0.717) is 12.1 Å². The van der Waals surface area contributed by atoms with Gasteiger partial charge in [-0.2, -0.15) is 0 Å². The van der Waals surface area contributed by atoms with Crippen molar-refractivity contribution in [3.8, 4) is 0 Å². The lowest BCUT2D eigenvalue weighted by Crippen LogP contribution is -2.47. The second-order valence-corrected chi connectivity index (χ2v) is 8.17. The molecule has 0 aliphatic heterocycles. The maximum Gasteiger partial charge on any atom is 0.247 e. The van der Waals surface area contributed by atoms with Gasteiger partial charge in [0.1, 0.15) is 11.9 Å². The van der Waals surface area contributed by atoms with Crippen molar-refractivity contribution in [1.82, 2.24) is 4.90 Å². The van der Waals surface area contributed by atoms with Crippen molar-refractivity contribution in [2.45, 2.75) is 32.4 Å². The predicted molar refractivity (Wildman–Crippen MR) is 131 cm³/mol. The van der Waals surface area contributed by atoms with Gasteiger partial charge in [0.05, 0.1) is 6.42 Å². The van der Waals surface area contributed by atoms with Crippen molar-refractivity contribution in [3.05, 3.63) is 95.8 Å². The standard InChI is InChI=1S/C27H30FN3O2/c1-4-25(27(33)29-23-14-16-24(17-15-23)30(2)3)31(19-21-10-12-22(28)13-11-21)26(32)18-20-8-6-5-7-9-20/h5-17,25H,4,18-19H2,1-3H3,(H,29,33). The zero-order valence-corrected chi connectivity index (χ0v) is 19.3. The summed E-state index contributed by atoms with van der Waals surface area (Å²) in [6.07, 6.45) is 0.632. The summed E-state index contributed by atoms with van der Waals surface area (Å²) >= 11 is 0. The number of amides is 2. The fourth-order valence-electron chi connectivity index (χ4n) is 3.65. The summed E-state index contributed by atoms with van der Waals surface area (Å²) in [6.45, 7) is 2.10. The van der Waals surface area contributed by atoms with Crippen molar-refractivity contribution in [2.75, 3.05) is 24.3 Å². The van der Waals surface area contributed by atoms with Gasteiger partial charge >= 0.3 is 0 Å². The number of carbonyl (C=O) groups is 2. The van der Waals surface area contributed by atoms with E-state index in [1.165, 1.54) is 12.1 Å². The second-order valence-electron chi connectivity index (χ2n) is 8.17. The van der Waals surface area contributed by atoms with Gasteiger partial charge in [0.25, 0.3) is 0 Å². The van der Waals surface area contributed by atoms with Crippen LogP contribution in [0.15, 0.2) is 78.9 Å². The Bertz CT molecular complexity index is 1050. The molecule has 5 nitrogen and oxygen atoms in total. The van der Waals surface area contributed by atoms with Crippen LogP contribution in [0.2, 0.25) is 0 Å². The molecule has 0 aliphatic carbocycles. The molecular weight excluding hydrogens is 417 g/mol. The highest BCUT2D eigenvalue weighted by Gasteiger charge is 2.28. The average molecular weight is 448 g/mol. The topological polar surface area (TPSA) is 52.7 Å². The summed E-state index contributed by atoms with van der Waals surface area (Å²) in [5.41, 5.74) is 3.33. The molecule has 6 heteroatoms. The zero-order valence-electron chi connectivity index (χ0n) is 19.3. The van der Waals surface area contributed by atoms with Crippen LogP contribution in [0, 0.1) is 5.82 Å². The number of hydrogen-bond acceptors (Lipinski definition) is 3. The van der Waals surface area contributed by atoms with Crippen LogP contribution in [0.25, 0.3) is 0 Å². The molecule has 1 atom stereocenters. The minimum absolute atomic E-state index is 0.157. The molecule has 3 aromatic carbocycles. The van der Waals surface area contributed by atoms with Crippen molar-refractivity contribution < 1.29 is 14.0 Å². The predicted octanol–water partition coefficient (Wildman–Crippen LogP) is 4.88. The van der Waals surface area contributed by atoms with Gasteiger partial charge in [-0.25, -0.2) is 4.39 Å². The van der Waals surface area contributed by atoms with Crippen molar-refractivity contribution in [1.29, 1.82) is 0 Å². The lowest BCUT2D eigenvalue weighted by molar-refractivity contribution is -0.139. The van der Waals surface area contributed by atoms with E-state index < -0.39 is 6.04 Å².